The highest BCUT2D eigenvalue weighted by molar-refractivity contribution is 6.35. The van der Waals surface area contributed by atoms with Gasteiger partial charge in [-0.3, -0.25) is 9.88 Å². The lowest BCUT2D eigenvalue weighted by Crippen LogP contribution is -2.36. The first kappa shape index (κ1) is 16.4. The molecule has 5 nitrogen and oxygen atoms in total. The van der Waals surface area contributed by atoms with E-state index in [0.29, 0.717) is 5.02 Å². The molecule has 1 aliphatic rings. The molecule has 0 aliphatic carbocycles. The molecule has 0 fully saturated rings. The van der Waals surface area contributed by atoms with Crippen LogP contribution >= 0.6 is 11.6 Å². The number of hydrogen-bond donors (Lipinski definition) is 1. The van der Waals surface area contributed by atoms with Gasteiger partial charge >= 0.3 is 0 Å². The number of pyridine rings is 2. The summed E-state index contributed by atoms with van der Waals surface area (Å²) in [6, 6.07) is 14.3. The van der Waals surface area contributed by atoms with Crippen LogP contribution in [0.15, 0.2) is 61.2 Å². The molecule has 3 aromatic heterocycles. The van der Waals surface area contributed by atoms with Gasteiger partial charge in [0.05, 0.1) is 34.3 Å². The van der Waals surface area contributed by atoms with Gasteiger partial charge in [-0.05, 0) is 29.8 Å². The topological polar surface area (TPSA) is 57.7 Å². The highest BCUT2D eigenvalue weighted by Crippen LogP contribution is 2.34. The van der Waals surface area contributed by atoms with Gasteiger partial charge in [-0.2, -0.15) is 0 Å². The van der Waals surface area contributed by atoms with Crippen LogP contribution in [0.5, 0.6) is 0 Å². The number of para-hydroxylation sites is 1. The second kappa shape index (κ2) is 6.76. The Morgan fingerprint density at radius 2 is 2.00 bits per heavy atom. The maximum absolute atomic E-state index is 6.35. The number of fused-ring (bicyclic) bond motifs is 2. The summed E-state index contributed by atoms with van der Waals surface area (Å²) in [4.78, 5) is 19.3. The first-order chi connectivity index (χ1) is 13.3. The molecule has 1 N–H and O–H groups in total. The number of nitrogens with one attached hydrogen (secondary N) is 1. The van der Waals surface area contributed by atoms with Gasteiger partial charge in [-0.25, -0.2) is 9.97 Å². The molecular formula is C21H18ClN5. The lowest BCUT2D eigenvalue weighted by atomic mass is 9.96. The molecule has 0 bridgehead atoms. The van der Waals surface area contributed by atoms with Crippen molar-refractivity contribution >= 4 is 22.5 Å². The highest BCUT2D eigenvalue weighted by atomic mass is 35.5. The minimum absolute atomic E-state index is 0.0896. The summed E-state index contributed by atoms with van der Waals surface area (Å²) in [5, 5.41) is 1.75. The largest absolute Gasteiger partial charge is 0.348 e. The van der Waals surface area contributed by atoms with Crippen LogP contribution in [0.2, 0.25) is 5.02 Å². The maximum Gasteiger partial charge on any atom is 0.0926 e. The molecule has 1 aromatic carbocycles. The number of halogens is 1. The van der Waals surface area contributed by atoms with E-state index in [0.717, 1.165) is 41.8 Å². The van der Waals surface area contributed by atoms with Crippen molar-refractivity contribution in [2.75, 3.05) is 6.54 Å². The fourth-order valence-corrected chi connectivity index (χ4v) is 4.08. The molecule has 0 unspecified atom stereocenters. The van der Waals surface area contributed by atoms with E-state index in [4.69, 9.17) is 16.6 Å². The fourth-order valence-electron chi connectivity index (χ4n) is 3.86. The third kappa shape index (κ3) is 2.99. The average molecular weight is 376 g/mol. The van der Waals surface area contributed by atoms with Crippen LogP contribution in [0.1, 0.15) is 28.7 Å². The number of hydrogen-bond acceptors (Lipinski definition) is 4. The van der Waals surface area contributed by atoms with E-state index in [2.05, 4.69) is 44.1 Å². The SMILES string of the molecule is Clc1cccc2ccc(CN3CCc4[nH]cnc4[C@H]3c3ccncc3)nc12. The van der Waals surface area contributed by atoms with Crippen LogP contribution in [0, 0.1) is 0 Å². The minimum Gasteiger partial charge on any atom is -0.348 e. The molecule has 0 spiro atoms. The molecule has 0 amide bonds. The molecule has 5 rings (SSSR count). The van der Waals surface area contributed by atoms with Crippen LogP contribution in [-0.2, 0) is 13.0 Å². The summed E-state index contributed by atoms with van der Waals surface area (Å²) < 4.78 is 0. The zero-order valence-electron chi connectivity index (χ0n) is 14.6. The van der Waals surface area contributed by atoms with Crippen molar-refractivity contribution in [2.45, 2.75) is 19.0 Å². The third-order valence-corrected chi connectivity index (χ3v) is 5.45. The number of nitrogens with zero attached hydrogens (tertiary/aromatic N) is 4. The van der Waals surface area contributed by atoms with Gasteiger partial charge in [0, 0.05) is 43.0 Å². The van der Waals surface area contributed by atoms with E-state index in [1.807, 2.05) is 30.6 Å². The van der Waals surface area contributed by atoms with E-state index in [1.54, 1.807) is 6.33 Å². The quantitative estimate of drug-likeness (QED) is 0.584. The molecule has 6 heteroatoms. The van der Waals surface area contributed by atoms with Gasteiger partial charge < -0.3 is 4.98 Å². The minimum atomic E-state index is 0.0896. The van der Waals surface area contributed by atoms with Crippen LogP contribution in [-0.4, -0.2) is 31.4 Å². The smallest absolute Gasteiger partial charge is 0.0926 e. The molecule has 4 heterocycles. The number of H-pyrrole nitrogens is 1. The van der Waals surface area contributed by atoms with E-state index >= 15 is 0 Å². The summed E-state index contributed by atoms with van der Waals surface area (Å²) in [7, 11) is 0. The number of aromatic amines is 1. The van der Waals surface area contributed by atoms with Crippen molar-refractivity contribution in [3.8, 4) is 0 Å². The van der Waals surface area contributed by atoms with Crippen LogP contribution in [0.4, 0.5) is 0 Å². The molecule has 0 saturated carbocycles. The standard InChI is InChI=1S/C21H18ClN5/c22-17-3-1-2-14-4-5-16(26-19(14)17)12-27-11-8-18-20(25-13-24-18)21(27)15-6-9-23-10-7-15/h1-7,9-10,13,21H,8,11-12H2,(H,24,25)/t21-/m1/s1. The Bertz CT molecular complexity index is 1090. The first-order valence-corrected chi connectivity index (χ1v) is 9.37. The normalized spacial score (nSPS) is 17.1. The van der Waals surface area contributed by atoms with E-state index < -0.39 is 0 Å². The Kier molecular flexibility index (Phi) is 4.11. The lowest BCUT2D eigenvalue weighted by molar-refractivity contribution is 0.198. The summed E-state index contributed by atoms with van der Waals surface area (Å²) in [5.74, 6) is 0. The van der Waals surface area contributed by atoms with Crippen molar-refractivity contribution in [3.05, 3.63) is 88.9 Å². The highest BCUT2D eigenvalue weighted by Gasteiger charge is 2.31. The van der Waals surface area contributed by atoms with Gasteiger partial charge in [0.25, 0.3) is 0 Å². The molecule has 0 saturated heterocycles. The van der Waals surface area contributed by atoms with Gasteiger partial charge in [-0.15, -0.1) is 0 Å². The predicted octanol–water partition coefficient (Wildman–Crippen LogP) is 4.15. The van der Waals surface area contributed by atoms with Gasteiger partial charge in [-0.1, -0.05) is 29.8 Å². The number of benzene rings is 1. The Labute approximate surface area is 162 Å². The van der Waals surface area contributed by atoms with Crippen molar-refractivity contribution in [2.24, 2.45) is 0 Å². The summed E-state index contributed by atoms with van der Waals surface area (Å²) in [6.07, 6.45) is 6.41. The van der Waals surface area contributed by atoms with Crippen molar-refractivity contribution < 1.29 is 0 Å². The number of aromatic nitrogens is 4. The molecular weight excluding hydrogens is 358 g/mol. The Balaban J connectivity index is 1.53. The molecule has 134 valence electrons. The zero-order chi connectivity index (χ0) is 18.2. The molecule has 27 heavy (non-hydrogen) atoms. The second-order valence-corrected chi connectivity index (χ2v) is 7.19. The predicted molar refractivity (Wildman–Crippen MR) is 106 cm³/mol. The van der Waals surface area contributed by atoms with Gasteiger partial charge in [0.2, 0.25) is 0 Å². The Hall–Kier alpha value is -2.76. The van der Waals surface area contributed by atoms with Gasteiger partial charge in [0.1, 0.15) is 0 Å². The Morgan fingerprint density at radius 3 is 2.89 bits per heavy atom. The summed E-state index contributed by atoms with van der Waals surface area (Å²) in [6.45, 7) is 1.67. The second-order valence-electron chi connectivity index (χ2n) is 6.78. The maximum atomic E-state index is 6.35. The van der Waals surface area contributed by atoms with E-state index in [-0.39, 0.29) is 6.04 Å². The van der Waals surface area contributed by atoms with Gasteiger partial charge in [0.15, 0.2) is 0 Å². The molecule has 1 aliphatic heterocycles. The lowest BCUT2D eigenvalue weighted by Gasteiger charge is -2.35. The van der Waals surface area contributed by atoms with Crippen LogP contribution < -0.4 is 0 Å². The first-order valence-electron chi connectivity index (χ1n) is 9.00. The fraction of sp³-hybridized carbons (Fsp3) is 0.190. The molecule has 0 radical (unpaired) electrons. The van der Waals surface area contributed by atoms with Crippen LogP contribution in [0.25, 0.3) is 10.9 Å². The zero-order valence-corrected chi connectivity index (χ0v) is 15.4. The van der Waals surface area contributed by atoms with Crippen molar-refractivity contribution in [3.63, 3.8) is 0 Å². The van der Waals surface area contributed by atoms with Crippen LogP contribution in [0.3, 0.4) is 0 Å². The molecule has 1 atom stereocenters. The summed E-state index contributed by atoms with van der Waals surface area (Å²) in [5.41, 5.74) is 5.36. The average Bonchev–Trinajstić information content (AvgIpc) is 3.18. The summed E-state index contributed by atoms with van der Waals surface area (Å²) >= 11 is 6.35. The Morgan fingerprint density at radius 1 is 1.11 bits per heavy atom. The number of imidazole rings is 1. The third-order valence-electron chi connectivity index (χ3n) is 5.14. The number of rotatable bonds is 3. The van der Waals surface area contributed by atoms with Crippen molar-refractivity contribution in [1.82, 2.24) is 24.8 Å². The van der Waals surface area contributed by atoms with Crippen molar-refractivity contribution in [1.29, 1.82) is 0 Å². The van der Waals surface area contributed by atoms with E-state index in [1.165, 1.54) is 11.3 Å². The van der Waals surface area contributed by atoms with E-state index in [9.17, 15) is 0 Å². The molecule has 4 aromatic rings. The monoisotopic (exact) mass is 375 g/mol.